The Labute approximate surface area is 189 Å². The van der Waals surface area contributed by atoms with E-state index in [1.807, 2.05) is 0 Å². The molecule has 176 valence electrons. The Morgan fingerprint density at radius 1 is 1.27 bits per heavy atom. The third-order valence-electron chi connectivity index (χ3n) is 4.26. The molecular weight excluding hydrogens is 470 g/mol. The highest BCUT2D eigenvalue weighted by Crippen LogP contribution is 2.42. The zero-order chi connectivity index (χ0) is 24.7. The molecule has 0 spiro atoms. The number of rotatable bonds is 5. The van der Waals surface area contributed by atoms with Crippen molar-refractivity contribution in [1.29, 1.82) is 10.8 Å². The minimum absolute atomic E-state index is 0.135. The highest BCUT2D eigenvalue weighted by atomic mass is 35.5. The molecule has 3 N–H and O–H groups in total. The monoisotopic (exact) mass is 487 g/mol. The number of nitrogens with one attached hydrogen (secondary N) is 2. The van der Waals surface area contributed by atoms with E-state index < -0.39 is 58.5 Å². The highest BCUT2D eigenvalue weighted by Gasteiger charge is 2.42. The molecule has 0 bridgehead atoms. The fourth-order valence-electron chi connectivity index (χ4n) is 3.12. The van der Waals surface area contributed by atoms with E-state index in [-0.39, 0.29) is 16.3 Å². The molecule has 33 heavy (non-hydrogen) atoms. The van der Waals surface area contributed by atoms with E-state index in [0.29, 0.717) is 4.68 Å². The molecule has 2 aromatic heterocycles. The predicted molar refractivity (Wildman–Crippen MR) is 111 cm³/mol. The Bertz CT molecular complexity index is 1210. The van der Waals surface area contributed by atoms with Crippen LogP contribution in [0.1, 0.15) is 32.0 Å². The van der Waals surface area contributed by atoms with Crippen molar-refractivity contribution in [2.45, 2.75) is 39.1 Å². The molecule has 0 saturated heterocycles. The van der Waals surface area contributed by atoms with Crippen LogP contribution in [0.2, 0.25) is 5.02 Å². The Morgan fingerprint density at radius 3 is 2.48 bits per heavy atom. The SMILES string of the molecule is CC(=N)OC(=N)c1c(-c2c(F)cccc2Cl)noc1-c1cnn(CC(C)(C)O)c1C(F)(F)F. The molecule has 0 aliphatic heterocycles. The normalized spacial score (nSPS) is 12.2. The quantitative estimate of drug-likeness (QED) is 0.262. The zero-order valence-electron chi connectivity index (χ0n) is 17.5. The van der Waals surface area contributed by atoms with Gasteiger partial charge >= 0.3 is 6.18 Å². The standard InChI is InChI=1S/C20H18ClF4N5O3/c1-9(26)32-18(27)14-15(13-11(21)5-4-6-12(13)22)29-33-16(14)10-7-28-30(8-19(2,3)31)17(10)20(23,24)25/h4-7,26-27,31H,8H2,1-3H3. The molecule has 0 saturated carbocycles. The van der Waals surface area contributed by atoms with Gasteiger partial charge in [0.15, 0.2) is 17.4 Å². The summed E-state index contributed by atoms with van der Waals surface area (Å²) < 4.78 is 67.2. The van der Waals surface area contributed by atoms with E-state index in [1.165, 1.54) is 32.9 Å². The van der Waals surface area contributed by atoms with E-state index in [2.05, 4.69) is 10.3 Å². The summed E-state index contributed by atoms with van der Waals surface area (Å²) in [6.45, 7) is 3.30. The third-order valence-corrected chi connectivity index (χ3v) is 4.58. The molecule has 0 fully saturated rings. The van der Waals surface area contributed by atoms with Crippen LogP contribution >= 0.6 is 11.6 Å². The van der Waals surface area contributed by atoms with Gasteiger partial charge < -0.3 is 14.4 Å². The molecule has 2 heterocycles. The summed E-state index contributed by atoms with van der Waals surface area (Å²) in [4.78, 5) is 0. The maximum Gasteiger partial charge on any atom is 0.433 e. The minimum atomic E-state index is -4.95. The number of benzene rings is 1. The van der Waals surface area contributed by atoms with Crippen LogP contribution in [-0.2, 0) is 17.5 Å². The summed E-state index contributed by atoms with van der Waals surface area (Å²) >= 11 is 6.08. The molecule has 0 aliphatic carbocycles. The van der Waals surface area contributed by atoms with Crippen LogP contribution in [-0.4, -0.2) is 37.4 Å². The van der Waals surface area contributed by atoms with Crippen LogP contribution in [0.4, 0.5) is 17.6 Å². The lowest BCUT2D eigenvalue weighted by atomic mass is 10.0. The van der Waals surface area contributed by atoms with Crippen molar-refractivity contribution < 1.29 is 31.9 Å². The van der Waals surface area contributed by atoms with Gasteiger partial charge in [0.2, 0.25) is 5.90 Å². The van der Waals surface area contributed by atoms with Crippen LogP contribution < -0.4 is 0 Å². The fraction of sp³-hybridized carbons (Fsp3) is 0.300. The van der Waals surface area contributed by atoms with Crippen molar-refractivity contribution in [3.8, 4) is 22.6 Å². The molecule has 3 rings (SSSR count). The molecule has 0 atom stereocenters. The van der Waals surface area contributed by atoms with E-state index >= 15 is 0 Å². The maximum atomic E-state index is 14.6. The average Bonchev–Trinajstić information content (AvgIpc) is 3.23. The Morgan fingerprint density at radius 2 is 1.94 bits per heavy atom. The first kappa shape index (κ1) is 24.4. The number of alkyl halides is 3. The number of ether oxygens (including phenoxy) is 1. The van der Waals surface area contributed by atoms with Crippen molar-refractivity contribution in [3.05, 3.63) is 46.5 Å². The summed E-state index contributed by atoms with van der Waals surface area (Å²) in [5.74, 6) is -2.72. The van der Waals surface area contributed by atoms with Gasteiger partial charge in [0, 0.05) is 6.92 Å². The molecule has 13 heteroatoms. The van der Waals surface area contributed by atoms with Gasteiger partial charge in [-0.25, -0.2) is 4.39 Å². The summed E-state index contributed by atoms with van der Waals surface area (Å²) in [6.07, 6.45) is -4.12. The second kappa shape index (κ2) is 8.60. The molecule has 0 radical (unpaired) electrons. The smallest absolute Gasteiger partial charge is 0.425 e. The van der Waals surface area contributed by atoms with Crippen molar-refractivity contribution in [2.75, 3.05) is 0 Å². The van der Waals surface area contributed by atoms with Gasteiger partial charge in [0.05, 0.1) is 34.5 Å². The largest absolute Gasteiger partial charge is 0.433 e. The predicted octanol–water partition coefficient (Wildman–Crippen LogP) is 5.13. The highest BCUT2D eigenvalue weighted by molar-refractivity contribution is 6.33. The first-order valence-corrected chi connectivity index (χ1v) is 9.70. The van der Waals surface area contributed by atoms with Crippen LogP contribution in [0, 0.1) is 16.6 Å². The molecule has 0 amide bonds. The number of nitrogens with zero attached hydrogens (tertiary/aromatic N) is 3. The van der Waals surface area contributed by atoms with E-state index in [0.717, 1.165) is 12.3 Å². The van der Waals surface area contributed by atoms with Crippen molar-refractivity contribution in [1.82, 2.24) is 14.9 Å². The van der Waals surface area contributed by atoms with Crippen molar-refractivity contribution >= 4 is 23.4 Å². The second-order valence-electron chi connectivity index (χ2n) is 7.69. The first-order valence-electron chi connectivity index (χ1n) is 9.32. The Balaban J connectivity index is 2.32. The van der Waals surface area contributed by atoms with Gasteiger partial charge in [0.25, 0.3) is 0 Å². The number of aliphatic hydroxyl groups is 1. The number of hydrogen-bond acceptors (Lipinski definition) is 7. The molecule has 0 aliphatic rings. The Hall–Kier alpha value is -3.25. The van der Waals surface area contributed by atoms with E-state index in [4.69, 9.17) is 31.7 Å². The first-order chi connectivity index (χ1) is 15.2. The van der Waals surface area contributed by atoms with Gasteiger partial charge in [-0.1, -0.05) is 22.8 Å². The topological polar surface area (TPSA) is 121 Å². The van der Waals surface area contributed by atoms with Crippen LogP contribution in [0.3, 0.4) is 0 Å². The molecular formula is C20H18ClF4N5O3. The van der Waals surface area contributed by atoms with Gasteiger partial charge in [-0.05, 0) is 26.0 Å². The fourth-order valence-corrected chi connectivity index (χ4v) is 3.37. The van der Waals surface area contributed by atoms with Crippen molar-refractivity contribution in [2.24, 2.45) is 0 Å². The average molecular weight is 488 g/mol. The van der Waals surface area contributed by atoms with Gasteiger partial charge in [-0.2, -0.15) is 18.3 Å². The molecule has 3 aromatic rings. The van der Waals surface area contributed by atoms with Crippen LogP contribution in [0.25, 0.3) is 22.6 Å². The maximum absolute atomic E-state index is 14.6. The van der Waals surface area contributed by atoms with Gasteiger partial charge in [-0.3, -0.25) is 15.5 Å². The second-order valence-corrected chi connectivity index (χ2v) is 8.10. The lowest BCUT2D eigenvalue weighted by Gasteiger charge is -2.20. The lowest BCUT2D eigenvalue weighted by Crippen LogP contribution is -2.29. The molecule has 8 nitrogen and oxygen atoms in total. The third kappa shape index (κ3) is 5.06. The summed E-state index contributed by atoms with van der Waals surface area (Å²) in [7, 11) is 0. The zero-order valence-corrected chi connectivity index (χ0v) is 18.3. The van der Waals surface area contributed by atoms with Crippen molar-refractivity contribution in [3.63, 3.8) is 0 Å². The van der Waals surface area contributed by atoms with Gasteiger partial charge in [0.1, 0.15) is 17.1 Å². The summed E-state index contributed by atoms with van der Waals surface area (Å²) in [5.41, 5.74) is -4.61. The number of halogens is 5. The number of aromatic nitrogens is 3. The van der Waals surface area contributed by atoms with E-state index in [9.17, 15) is 22.7 Å². The van der Waals surface area contributed by atoms with Crippen LogP contribution in [0.5, 0.6) is 0 Å². The summed E-state index contributed by atoms with van der Waals surface area (Å²) in [5, 5.41) is 32.9. The Kier molecular flexibility index (Phi) is 6.35. The van der Waals surface area contributed by atoms with Gasteiger partial charge in [-0.15, -0.1) is 0 Å². The molecule has 0 unspecified atom stereocenters. The lowest BCUT2D eigenvalue weighted by molar-refractivity contribution is -0.144. The summed E-state index contributed by atoms with van der Waals surface area (Å²) in [6, 6.07) is 3.69. The van der Waals surface area contributed by atoms with E-state index in [1.54, 1.807) is 0 Å². The molecule has 1 aromatic carbocycles. The minimum Gasteiger partial charge on any atom is -0.425 e. The van der Waals surface area contributed by atoms with Crippen LogP contribution in [0.15, 0.2) is 28.9 Å². The number of hydrogen-bond donors (Lipinski definition) is 3.